The zero-order valence-corrected chi connectivity index (χ0v) is 11.7. The number of rotatable bonds is 4. The maximum absolute atomic E-state index is 12.1. The molecule has 1 aromatic carbocycles. The third-order valence-electron chi connectivity index (χ3n) is 3.90. The highest BCUT2D eigenvalue weighted by atomic mass is 16.1. The SMILES string of the molecule is Cc1ccc(C(=O)CCN2CCC(=O)CC2)cc1C. The summed E-state index contributed by atoms with van der Waals surface area (Å²) in [5, 5.41) is 0. The zero-order valence-electron chi connectivity index (χ0n) is 11.7. The third-order valence-corrected chi connectivity index (χ3v) is 3.90. The van der Waals surface area contributed by atoms with Gasteiger partial charge in [-0.1, -0.05) is 12.1 Å². The van der Waals surface area contributed by atoms with Crippen molar-refractivity contribution in [2.24, 2.45) is 0 Å². The molecule has 0 N–H and O–H groups in total. The summed E-state index contributed by atoms with van der Waals surface area (Å²) in [5.41, 5.74) is 3.18. The predicted octanol–water partition coefficient (Wildman–Crippen LogP) is 2.54. The van der Waals surface area contributed by atoms with Gasteiger partial charge in [-0.05, 0) is 31.0 Å². The fraction of sp³-hybridized carbons (Fsp3) is 0.500. The number of benzene rings is 1. The number of ketones is 2. The van der Waals surface area contributed by atoms with Crippen LogP contribution in [0.5, 0.6) is 0 Å². The van der Waals surface area contributed by atoms with Crippen molar-refractivity contribution >= 4 is 11.6 Å². The number of piperidine rings is 1. The Balaban J connectivity index is 1.87. The Hall–Kier alpha value is -1.48. The first-order valence-corrected chi connectivity index (χ1v) is 6.91. The quantitative estimate of drug-likeness (QED) is 0.780. The number of nitrogens with zero attached hydrogens (tertiary/aromatic N) is 1. The molecule has 1 saturated heterocycles. The first-order valence-electron chi connectivity index (χ1n) is 6.91. The summed E-state index contributed by atoms with van der Waals surface area (Å²) >= 11 is 0. The van der Waals surface area contributed by atoms with Crippen LogP contribution < -0.4 is 0 Å². The molecule has 0 radical (unpaired) electrons. The van der Waals surface area contributed by atoms with Crippen LogP contribution in [0.25, 0.3) is 0 Å². The molecule has 1 fully saturated rings. The van der Waals surface area contributed by atoms with E-state index in [0.29, 0.717) is 25.0 Å². The minimum Gasteiger partial charge on any atom is -0.302 e. The topological polar surface area (TPSA) is 37.4 Å². The smallest absolute Gasteiger partial charge is 0.164 e. The molecular formula is C16H21NO2. The number of Topliss-reactive ketones (excluding diaryl/α,β-unsaturated/α-hetero) is 2. The highest BCUT2D eigenvalue weighted by Crippen LogP contribution is 2.13. The summed E-state index contributed by atoms with van der Waals surface area (Å²) in [6.07, 6.45) is 1.81. The zero-order chi connectivity index (χ0) is 13.8. The van der Waals surface area contributed by atoms with Crippen molar-refractivity contribution < 1.29 is 9.59 Å². The average Bonchev–Trinajstić information content (AvgIpc) is 2.41. The van der Waals surface area contributed by atoms with Gasteiger partial charge in [-0.3, -0.25) is 9.59 Å². The minimum atomic E-state index is 0.194. The van der Waals surface area contributed by atoms with Crippen molar-refractivity contribution in [1.29, 1.82) is 0 Å². The second kappa shape index (κ2) is 6.11. The molecular weight excluding hydrogens is 238 g/mol. The van der Waals surface area contributed by atoms with Crippen molar-refractivity contribution in [2.45, 2.75) is 33.1 Å². The lowest BCUT2D eigenvalue weighted by atomic mass is 10.0. The van der Waals surface area contributed by atoms with Crippen LogP contribution in [0, 0.1) is 13.8 Å². The second-order valence-corrected chi connectivity index (χ2v) is 5.35. The van der Waals surface area contributed by atoms with Crippen LogP contribution in [-0.2, 0) is 4.79 Å². The maximum Gasteiger partial charge on any atom is 0.164 e. The molecule has 1 aliphatic rings. The Labute approximate surface area is 114 Å². The first-order chi connectivity index (χ1) is 9.06. The molecule has 0 aliphatic carbocycles. The average molecular weight is 259 g/mol. The minimum absolute atomic E-state index is 0.194. The van der Waals surface area contributed by atoms with Gasteiger partial charge < -0.3 is 4.90 Å². The molecule has 19 heavy (non-hydrogen) atoms. The molecule has 1 aliphatic heterocycles. The van der Waals surface area contributed by atoms with Gasteiger partial charge in [0.25, 0.3) is 0 Å². The monoisotopic (exact) mass is 259 g/mol. The summed E-state index contributed by atoms with van der Waals surface area (Å²) in [7, 11) is 0. The number of likely N-dealkylation sites (tertiary alicyclic amines) is 1. The Morgan fingerprint density at radius 3 is 2.47 bits per heavy atom. The van der Waals surface area contributed by atoms with E-state index in [4.69, 9.17) is 0 Å². The van der Waals surface area contributed by atoms with E-state index in [-0.39, 0.29) is 5.78 Å². The van der Waals surface area contributed by atoms with Gasteiger partial charge in [0.05, 0.1) is 0 Å². The third kappa shape index (κ3) is 3.74. The lowest BCUT2D eigenvalue weighted by Crippen LogP contribution is -2.35. The van der Waals surface area contributed by atoms with Gasteiger partial charge in [0.15, 0.2) is 5.78 Å². The molecule has 0 atom stereocenters. The van der Waals surface area contributed by atoms with Crippen LogP contribution in [0.1, 0.15) is 40.7 Å². The highest BCUT2D eigenvalue weighted by molar-refractivity contribution is 5.96. The normalized spacial score (nSPS) is 16.6. The van der Waals surface area contributed by atoms with Crippen LogP contribution in [-0.4, -0.2) is 36.1 Å². The number of hydrogen-bond donors (Lipinski definition) is 0. The van der Waals surface area contributed by atoms with E-state index >= 15 is 0 Å². The highest BCUT2D eigenvalue weighted by Gasteiger charge is 2.17. The van der Waals surface area contributed by atoms with E-state index in [1.54, 1.807) is 0 Å². The van der Waals surface area contributed by atoms with E-state index in [1.807, 2.05) is 32.0 Å². The molecule has 0 bridgehead atoms. The van der Waals surface area contributed by atoms with Crippen molar-refractivity contribution in [2.75, 3.05) is 19.6 Å². The number of aryl methyl sites for hydroxylation is 2. The summed E-state index contributed by atoms with van der Waals surface area (Å²) < 4.78 is 0. The van der Waals surface area contributed by atoms with E-state index in [9.17, 15) is 9.59 Å². The lowest BCUT2D eigenvalue weighted by Gasteiger charge is -2.25. The van der Waals surface area contributed by atoms with E-state index in [2.05, 4.69) is 4.90 Å². The molecule has 3 nitrogen and oxygen atoms in total. The van der Waals surface area contributed by atoms with Crippen LogP contribution in [0.2, 0.25) is 0 Å². The molecule has 3 heteroatoms. The second-order valence-electron chi connectivity index (χ2n) is 5.35. The van der Waals surface area contributed by atoms with Gasteiger partial charge in [-0.25, -0.2) is 0 Å². The molecule has 0 unspecified atom stereocenters. The number of carbonyl (C=O) groups is 2. The fourth-order valence-corrected chi connectivity index (χ4v) is 2.34. The Kier molecular flexibility index (Phi) is 4.48. The molecule has 0 aromatic heterocycles. The molecule has 102 valence electrons. The van der Waals surface area contributed by atoms with E-state index < -0.39 is 0 Å². The molecule has 1 heterocycles. The van der Waals surface area contributed by atoms with Crippen LogP contribution >= 0.6 is 0 Å². The van der Waals surface area contributed by atoms with Gasteiger partial charge in [0, 0.05) is 44.5 Å². The number of hydrogen-bond acceptors (Lipinski definition) is 3. The molecule has 0 amide bonds. The van der Waals surface area contributed by atoms with Gasteiger partial charge in [0.2, 0.25) is 0 Å². The Morgan fingerprint density at radius 1 is 1.16 bits per heavy atom. The Morgan fingerprint density at radius 2 is 1.84 bits per heavy atom. The predicted molar refractivity (Wildman–Crippen MR) is 75.5 cm³/mol. The summed E-state index contributed by atoms with van der Waals surface area (Å²) in [6, 6.07) is 5.88. The first kappa shape index (κ1) is 13.9. The van der Waals surface area contributed by atoms with Gasteiger partial charge in [-0.15, -0.1) is 0 Å². The molecule has 2 rings (SSSR count). The lowest BCUT2D eigenvalue weighted by molar-refractivity contribution is -0.121. The van der Waals surface area contributed by atoms with Crippen molar-refractivity contribution in [3.8, 4) is 0 Å². The molecule has 1 aromatic rings. The van der Waals surface area contributed by atoms with Crippen molar-refractivity contribution in [3.05, 3.63) is 34.9 Å². The van der Waals surface area contributed by atoms with Crippen LogP contribution in [0.15, 0.2) is 18.2 Å². The molecule has 0 spiro atoms. The summed E-state index contributed by atoms with van der Waals surface area (Å²) in [4.78, 5) is 25.5. The fourth-order valence-electron chi connectivity index (χ4n) is 2.34. The van der Waals surface area contributed by atoms with Crippen LogP contribution in [0.3, 0.4) is 0 Å². The van der Waals surface area contributed by atoms with Crippen LogP contribution in [0.4, 0.5) is 0 Å². The number of carbonyl (C=O) groups excluding carboxylic acids is 2. The van der Waals surface area contributed by atoms with Crippen molar-refractivity contribution in [1.82, 2.24) is 4.90 Å². The molecule has 0 saturated carbocycles. The summed E-state index contributed by atoms with van der Waals surface area (Å²) in [6.45, 7) is 6.45. The largest absolute Gasteiger partial charge is 0.302 e. The standard InChI is InChI=1S/C16H21NO2/c1-12-3-4-14(11-13(12)2)16(19)7-10-17-8-5-15(18)6-9-17/h3-4,11H,5-10H2,1-2H3. The van der Waals surface area contributed by atoms with E-state index in [1.165, 1.54) is 5.56 Å². The van der Waals surface area contributed by atoms with Gasteiger partial charge >= 0.3 is 0 Å². The van der Waals surface area contributed by atoms with Gasteiger partial charge in [-0.2, -0.15) is 0 Å². The summed E-state index contributed by atoms with van der Waals surface area (Å²) in [5.74, 6) is 0.539. The van der Waals surface area contributed by atoms with E-state index in [0.717, 1.165) is 30.8 Å². The van der Waals surface area contributed by atoms with Crippen molar-refractivity contribution in [3.63, 3.8) is 0 Å². The Bertz CT molecular complexity index is 484. The maximum atomic E-state index is 12.1. The van der Waals surface area contributed by atoms with Gasteiger partial charge in [0.1, 0.15) is 5.78 Å².